The first-order chi connectivity index (χ1) is 31.4. The van der Waals surface area contributed by atoms with Crippen LogP contribution in [-0.4, -0.2) is 0 Å². The highest BCUT2D eigenvalue weighted by Gasteiger charge is 2.35. The Morgan fingerprint density at radius 1 is 0.500 bits per heavy atom. The zero-order valence-electron chi connectivity index (χ0n) is 38.4. The van der Waals surface area contributed by atoms with Crippen molar-refractivity contribution < 1.29 is 0 Å². The topological polar surface area (TPSA) is 6.48 Å². The Bertz CT molecular complexity index is 2870. The summed E-state index contributed by atoms with van der Waals surface area (Å²) >= 11 is 1.87. The van der Waals surface area contributed by atoms with Crippen LogP contribution in [0.3, 0.4) is 0 Å². The van der Waals surface area contributed by atoms with E-state index in [0.717, 1.165) is 40.5 Å². The molecular weight excluding hydrogens is 793 g/mol. The van der Waals surface area contributed by atoms with Gasteiger partial charge in [-0.25, -0.2) is 0 Å². The lowest BCUT2D eigenvalue weighted by molar-refractivity contribution is 0.660. The van der Waals surface area contributed by atoms with E-state index in [9.17, 15) is 0 Å². The third-order valence-electron chi connectivity index (χ3n) is 11.5. The number of benzene rings is 8. The van der Waals surface area contributed by atoms with Gasteiger partial charge in [-0.15, -0.1) is 17.9 Å². The lowest BCUT2D eigenvalue weighted by atomic mass is 9.82. The average Bonchev–Trinajstić information content (AvgIpc) is 3.83. The summed E-state index contributed by atoms with van der Waals surface area (Å²) in [5.74, 6) is 0. The summed E-state index contributed by atoms with van der Waals surface area (Å²) in [7, 11) is 0. The Hall–Kier alpha value is -6.94. The number of fused-ring (bicyclic) bond motifs is 6. The first-order valence-electron chi connectivity index (χ1n) is 22.6. The molecule has 0 N–H and O–H groups in total. The van der Waals surface area contributed by atoms with E-state index in [1.54, 1.807) is 6.08 Å². The monoisotopic (exact) mass is 852 g/mol. The minimum absolute atomic E-state index is 0.0163. The molecule has 9 aromatic rings. The molecule has 0 saturated carbocycles. The Morgan fingerprint density at radius 2 is 0.969 bits per heavy atom. The van der Waals surface area contributed by atoms with Gasteiger partial charge in [0.15, 0.2) is 0 Å². The Labute approximate surface area is 386 Å². The second-order valence-electron chi connectivity index (χ2n) is 16.0. The lowest BCUT2D eigenvalue weighted by Gasteiger charge is -2.30. The van der Waals surface area contributed by atoms with Crippen molar-refractivity contribution in [3.05, 3.63) is 230 Å². The van der Waals surface area contributed by atoms with Crippen LogP contribution in [0.2, 0.25) is 0 Å². The minimum atomic E-state index is -0.0163. The molecule has 320 valence electrons. The Kier molecular flexibility index (Phi) is 14.8. The highest BCUT2D eigenvalue weighted by atomic mass is 32.1. The van der Waals surface area contributed by atoms with Crippen LogP contribution in [0.1, 0.15) is 66.0 Å². The molecule has 1 aromatic heterocycles. The zero-order valence-corrected chi connectivity index (χ0v) is 39.2. The fraction of sp³-hybridized carbons (Fsp3) is 0.148. The number of para-hydroxylation sites is 4. The molecule has 64 heavy (non-hydrogen) atoms. The van der Waals surface area contributed by atoms with Crippen molar-refractivity contribution in [1.29, 1.82) is 0 Å². The van der Waals surface area contributed by atoms with E-state index < -0.39 is 0 Å². The van der Waals surface area contributed by atoms with Crippen LogP contribution in [0.5, 0.6) is 0 Å². The zero-order chi connectivity index (χ0) is 45.1. The van der Waals surface area contributed by atoms with E-state index in [1.165, 1.54) is 53.6 Å². The van der Waals surface area contributed by atoms with Crippen LogP contribution in [0.4, 0.5) is 34.1 Å². The maximum absolute atomic E-state index is 3.36. The summed E-state index contributed by atoms with van der Waals surface area (Å²) in [5, 5.41) is 2.50. The lowest BCUT2D eigenvalue weighted by Crippen LogP contribution is -2.14. The molecule has 1 heterocycles. The van der Waals surface area contributed by atoms with E-state index in [1.807, 2.05) is 39.0 Å². The van der Waals surface area contributed by atoms with Gasteiger partial charge in [-0.1, -0.05) is 168 Å². The third kappa shape index (κ3) is 9.23. The summed E-state index contributed by atoms with van der Waals surface area (Å²) in [6, 6.07) is 70.7. The molecule has 8 aromatic carbocycles. The molecule has 1 aliphatic carbocycles. The van der Waals surface area contributed by atoms with Gasteiger partial charge in [0, 0.05) is 49.3 Å². The van der Waals surface area contributed by atoms with E-state index in [2.05, 4.69) is 243 Å². The molecule has 1 aliphatic rings. The molecule has 0 saturated heterocycles. The van der Waals surface area contributed by atoms with Gasteiger partial charge in [0.1, 0.15) is 0 Å². The smallest absolute Gasteiger partial charge is 0.0661 e. The highest BCUT2D eigenvalue weighted by Crippen LogP contribution is 2.51. The molecule has 0 fully saturated rings. The fourth-order valence-electron chi connectivity index (χ4n) is 8.64. The van der Waals surface area contributed by atoms with Crippen LogP contribution < -0.4 is 9.80 Å². The summed E-state index contributed by atoms with van der Waals surface area (Å²) in [4.78, 5) is 4.79. The highest BCUT2D eigenvalue weighted by molar-refractivity contribution is 7.26. The Morgan fingerprint density at radius 3 is 1.48 bits per heavy atom. The Balaban J connectivity index is 0.000000561. The van der Waals surface area contributed by atoms with Gasteiger partial charge in [0.25, 0.3) is 0 Å². The predicted octanol–water partition coefficient (Wildman–Crippen LogP) is 19.2. The first-order valence-corrected chi connectivity index (χ1v) is 23.4. The molecule has 0 atom stereocenters. The van der Waals surface area contributed by atoms with Crippen molar-refractivity contribution in [2.45, 2.75) is 60.3 Å². The van der Waals surface area contributed by atoms with Gasteiger partial charge in [-0.2, -0.15) is 0 Å². The average molecular weight is 853 g/mol. The van der Waals surface area contributed by atoms with Gasteiger partial charge in [-0.3, -0.25) is 0 Å². The van der Waals surface area contributed by atoms with Crippen molar-refractivity contribution in [1.82, 2.24) is 0 Å². The SMILES string of the molecule is C/C=C\CC.C=CC.CC.CC1(C)c2ccccc2-c2cc(-c3ccc4sc5c(N(c6ccccc6)c6ccccc6)cc(N(c6ccccc6)c6ccccc6)cc5c4c3)ccc21. The van der Waals surface area contributed by atoms with Crippen molar-refractivity contribution in [3.8, 4) is 22.3 Å². The fourth-order valence-corrected chi connectivity index (χ4v) is 9.81. The van der Waals surface area contributed by atoms with Crippen LogP contribution in [-0.2, 0) is 5.41 Å². The van der Waals surface area contributed by atoms with Crippen LogP contribution >= 0.6 is 11.3 Å². The van der Waals surface area contributed by atoms with Gasteiger partial charge in [0.05, 0.1) is 10.4 Å². The number of thiophene rings is 1. The molecule has 2 nitrogen and oxygen atoms in total. The molecule has 0 unspecified atom stereocenters. The normalized spacial score (nSPS) is 11.9. The maximum Gasteiger partial charge on any atom is 0.0661 e. The number of rotatable bonds is 8. The van der Waals surface area contributed by atoms with Crippen molar-refractivity contribution in [2.24, 2.45) is 0 Å². The van der Waals surface area contributed by atoms with Crippen LogP contribution in [0.15, 0.2) is 219 Å². The van der Waals surface area contributed by atoms with Gasteiger partial charge >= 0.3 is 0 Å². The molecule has 0 radical (unpaired) electrons. The number of anilines is 6. The quantitative estimate of drug-likeness (QED) is 0.141. The summed E-state index contributed by atoms with van der Waals surface area (Å²) < 4.78 is 2.52. The summed E-state index contributed by atoms with van der Waals surface area (Å²) in [6.45, 7) is 18.1. The van der Waals surface area contributed by atoms with Crippen molar-refractivity contribution in [2.75, 3.05) is 9.80 Å². The number of hydrogen-bond acceptors (Lipinski definition) is 3. The summed E-state index contributed by atoms with van der Waals surface area (Å²) in [6.07, 6.45) is 7.09. The van der Waals surface area contributed by atoms with E-state index in [0.29, 0.717) is 0 Å². The molecule has 0 bridgehead atoms. The second-order valence-corrected chi connectivity index (χ2v) is 17.0. The van der Waals surface area contributed by atoms with Crippen LogP contribution in [0.25, 0.3) is 42.4 Å². The van der Waals surface area contributed by atoms with E-state index in [4.69, 9.17) is 0 Å². The molecule has 10 rings (SSSR count). The van der Waals surface area contributed by atoms with E-state index in [-0.39, 0.29) is 5.41 Å². The van der Waals surface area contributed by atoms with Gasteiger partial charge in [0.2, 0.25) is 0 Å². The number of hydrogen-bond donors (Lipinski definition) is 0. The number of allylic oxidation sites excluding steroid dienone is 3. The molecular formula is C61H60N2S. The third-order valence-corrected chi connectivity index (χ3v) is 12.7. The first kappa shape index (κ1) is 45.1. The number of nitrogens with zero attached hydrogens (tertiary/aromatic N) is 2. The second kappa shape index (κ2) is 21.0. The van der Waals surface area contributed by atoms with Crippen molar-refractivity contribution >= 4 is 65.6 Å². The standard InChI is InChI=1S/C51H38N2S.C5H10.C3H6.C2H6/c1-51(2)46-26-16-15-25-42(46)43-31-35(27-29-47(43)51)36-28-30-49-44(32-36)45-33-41(52(37-17-7-3-8-18-37)38-19-9-4-10-20-38)34-48(50(45)54-49)53(39-21-11-5-12-22-39)40-23-13-6-14-24-40;1-3-5-4-2;1-3-2;1-2/h3-34H,1-2H3;3,5H,4H2,1-2H3;3H,1H2,2H3;1-2H3/b;5-3-;;. The van der Waals surface area contributed by atoms with Crippen LogP contribution in [0, 0.1) is 0 Å². The predicted molar refractivity (Wildman–Crippen MR) is 284 cm³/mol. The molecule has 0 aliphatic heterocycles. The maximum atomic E-state index is 3.36. The minimum Gasteiger partial charge on any atom is -0.310 e. The van der Waals surface area contributed by atoms with Crippen molar-refractivity contribution in [3.63, 3.8) is 0 Å². The van der Waals surface area contributed by atoms with Gasteiger partial charge < -0.3 is 9.80 Å². The summed E-state index contributed by atoms with van der Waals surface area (Å²) in [5.41, 5.74) is 14.7. The molecule has 0 spiro atoms. The largest absolute Gasteiger partial charge is 0.310 e. The van der Waals surface area contributed by atoms with Gasteiger partial charge in [-0.05, 0) is 133 Å². The molecule has 3 heteroatoms. The van der Waals surface area contributed by atoms with E-state index >= 15 is 0 Å². The molecule has 0 amide bonds.